The van der Waals surface area contributed by atoms with Crippen LogP contribution >= 0.6 is 0 Å². The maximum atomic E-state index is 13.8. The molecule has 0 radical (unpaired) electrons. The van der Waals surface area contributed by atoms with Crippen molar-refractivity contribution in [1.82, 2.24) is 9.88 Å². The molecule has 0 bridgehead atoms. The molecule has 2 heterocycles. The van der Waals surface area contributed by atoms with Crippen molar-refractivity contribution in [2.45, 2.75) is 64.0 Å². The molecule has 0 spiro atoms. The number of amides is 2. The summed E-state index contributed by atoms with van der Waals surface area (Å²) in [4.78, 5) is 45.9. The van der Waals surface area contributed by atoms with Crippen LogP contribution in [0.15, 0.2) is 54.2 Å². The molecule has 1 atom stereocenters. The van der Waals surface area contributed by atoms with Gasteiger partial charge in [-0.25, -0.2) is 4.79 Å². The van der Waals surface area contributed by atoms with E-state index in [9.17, 15) is 14.4 Å². The van der Waals surface area contributed by atoms with Crippen LogP contribution in [0.1, 0.15) is 57.2 Å². The van der Waals surface area contributed by atoms with Gasteiger partial charge in [-0.15, -0.1) is 0 Å². The molecule has 1 aliphatic carbocycles. The van der Waals surface area contributed by atoms with Crippen molar-refractivity contribution < 1.29 is 23.9 Å². The molecule has 2 fully saturated rings. The first-order chi connectivity index (χ1) is 17.7. The van der Waals surface area contributed by atoms with Crippen molar-refractivity contribution in [2.75, 3.05) is 13.7 Å². The van der Waals surface area contributed by atoms with Gasteiger partial charge in [-0.3, -0.25) is 19.5 Å². The molecule has 8 heteroatoms. The minimum absolute atomic E-state index is 0.0489. The molecule has 2 amide bonds. The monoisotopic (exact) mass is 505 g/mol. The van der Waals surface area contributed by atoms with Crippen LogP contribution in [0.25, 0.3) is 6.08 Å². The number of likely N-dealkylation sites (tertiary alicyclic amines) is 1. The van der Waals surface area contributed by atoms with E-state index in [2.05, 4.69) is 4.98 Å². The number of nitrogens with two attached hydrogens (primary N) is 1. The number of rotatable bonds is 6. The summed E-state index contributed by atoms with van der Waals surface area (Å²) in [5, 5.41) is 0. The van der Waals surface area contributed by atoms with E-state index in [0.717, 1.165) is 30.6 Å². The maximum Gasteiger partial charge on any atom is 0.411 e. The predicted octanol–water partition coefficient (Wildman–Crippen LogP) is 4.32. The molecule has 196 valence electrons. The lowest BCUT2D eigenvalue weighted by atomic mass is 9.71. The van der Waals surface area contributed by atoms with Gasteiger partial charge in [0.25, 0.3) is 5.91 Å². The summed E-state index contributed by atoms with van der Waals surface area (Å²) in [5.41, 5.74) is 5.54. The summed E-state index contributed by atoms with van der Waals surface area (Å²) < 4.78 is 11.2. The fraction of sp³-hybridized carbons (Fsp3) is 0.448. The highest BCUT2D eigenvalue weighted by atomic mass is 16.6. The van der Waals surface area contributed by atoms with E-state index in [-0.39, 0.29) is 12.3 Å². The quantitative estimate of drug-likeness (QED) is 0.585. The summed E-state index contributed by atoms with van der Waals surface area (Å²) >= 11 is 0. The number of ketones is 1. The number of ether oxygens (including phenoxy) is 2. The zero-order valence-corrected chi connectivity index (χ0v) is 21.7. The van der Waals surface area contributed by atoms with Crippen LogP contribution in [0, 0.1) is 5.41 Å². The molecule has 1 saturated carbocycles. The highest BCUT2D eigenvalue weighted by molar-refractivity contribution is 6.05. The number of piperidine rings is 1. The largest absolute Gasteiger partial charge is 0.497 e. The van der Waals surface area contributed by atoms with Crippen LogP contribution in [0.4, 0.5) is 4.79 Å². The van der Waals surface area contributed by atoms with Crippen LogP contribution in [0.5, 0.6) is 5.75 Å². The number of carbonyl (C=O) groups excluding carboxylic acids is 3. The lowest BCUT2D eigenvalue weighted by Crippen LogP contribution is -2.60. The van der Waals surface area contributed by atoms with E-state index >= 15 is 0 Å². The number of hydrogen-bond acceptors (Lipinski definition) is 6. The van der Waals surface area contributed by atoms with Gasteiger partial charge >= 0.3 is 6.09 Å². The van der Waals surface area contributed by atoms with Crippen LogP contribution in [-0.2, 0) is 20.7 Å². The standard InChI is InChI=1S/C29H35N3O5/c1-28(2)24(17-20-10-12-23(36-3)13-11-20)32(19-21(25(28)33)18-22-9-5-8-16-31-22)27(35)37-29(26(30)34)14-6-4-7-15-29/h5,8-13,16,18,24H,4,6-7,14-15,17,19H2,1-3H3,(H2,30,34). The highest BCUT2D eigenvalue weighted by Gasteiger charge is 2.50. The molecule has 1 aromatic heterocycles. The second-order valence-corrected chi connectivity index (χ2v) is 10.5. The Labute approximate surface area is 217 Å². The Bertz CT molecular complexity index is 1170. The number of Topliss-reactive ketones (excluding diaryl/α,β-unsaturated/α-hetero) is 1. The Morgan fingerprint density at radius 3 is 2.41 bits per heavy atom. The number of pyridine rings is 1. The second-order valence-electron chi connectivity index (χ2n) is 10.5. The third-order valence-corrected chi connectivity index (χ3v) is 7.65. The Balaban J connectivity index is 1.71. The highest BCUT2D eigenvalue weighted by Crippen LogP contribution is 2.39. The normalized spacial score (nSPS) is 21.9. The van der Waals surface area contributed by atoms with Crippen molar-refractivity contribution in [3.8, 4) is 5.75 Å². The van der Waals surface area contributed by atoms with Gasteiger partial charge < -0.3 is 15.2 Å². The Morgan fingerprint density at radius 2 is 1.81 bits per heavy atom. The number of aromatic nitrogens is 1. The van der Waals surface area contributed by atoms with Crippen LogP contribution < -0.4 is 10.5 Å². The number of hydrogen-bond donors (Lipinski definition) is 1. The van der Waals surface area contributed by atoms with Crippen molar-refractivity contribution in [3.05, 3.63) is 65.5 Å². The van der Waals surface area contributed by atoms with Gasteiger partial charge in [0, 0.05) is 17.2 Å². The van der Waals surface area contributed by atoms with Gasteiger partial charge in [-0.1, -0.05) is 38.5 Å². The van der Waals surface area contributed by atoms with Gasteiger partial charge in [-0.2, -0.15) is 0 Å². The molecule has 1 unspecified atom stereocenters. The second kappa shape index (κ2) is 10.7. The van der Waals surface area contributed by atoms with Crippen LogP contribution in [-0.4, -0.2) is 53.0 Å². The topological polar surface area (TPSA) is 112 Å². The minimum atomic E-state index is -1.32. The van der Waals surface area contributed by atoms with Crippen LogP contribution in [0.3, 0.4) is 0 Å². The number of nitrogens with zero attached hydrogens (tertiary/aromatic N) is 2. The molecule has 2 aliphatic rings. The van der Waals surface area contributed by atoms with Gasteiger partial charge in [-0.05, 0) is 68.0 Å². The zero-order chi connectivity index (χ0) is 26.6. The molecule has 8 nitrogen and oxygen atoms in total. The fourth-order valence-electron chi connectivity index (χ4n) is 5.36. The Hall–Kier alpha value is -3.68. The molecule has 1 aliphatic heterocycles. The molecule has 1 aromatic carbocycles. The molecule has 2 aromatic rings. The van der Waals surface area contributed by atoms with Crippen molar-refractivity contribution in [1.29, 1.82) is 0 Å². The summed E-state index contributed by atoms with van der Waals surface area (Å²) in [5.74, 6) is 0.0483. The molecule has 4 rings (SSSR count). The summed E-state index contributed by atoms with van der Waals surface area (Å²) in [6, 6.07) is 12.5. The molecular formula is C29H35N3O5. The molecular weight excluding hydrogens is 470 g/mol. The van der Waals surface area contributed by atoms with Crippen molar-refractivity contribution in [2.24, 2.45) is 11.1 Å². The van der Waals surface area contributed by atoms with Gasteiger partial charge in [0.2, 0.25) is 0 Å². The Kier molecular flexibility index (Phi) is 7.66. The number of benzene rings is 1. The van der Waals surface area contributed by atoms with Crippen LogP contribution in [0.2, 0.25) is 0 Å². The van der Waals surface area contributed by atoms with Crippen molar-refractivity contribution in [3.63, 3.8) is 0 Å². The van der Waals surface area contributed by atoms with E-state index in [1.807, 2.05) is 50.2 Å². The number of methoxy groups -OCH3 is 1. The third kappa shape index (κ3) is 5.53. The lowest BCUT2D eigenvalue weighted by molar-refractivity contribution is -0.143. The summed E-state index contributed by atoms with van der Waals surface area (Å²) in [6.07, 6.45) is 6.48. The Morgan fingerprint density at radius 1 is 1.11 bits per heavy atom. The SMILES string of the molecule is COc1ccc(CC2N(C(=O)OC3(C(N)=O)CCCCC3)CC(=Cc3ccccn3)C(=O)C2(C)C)cc1. The van der Waals surface area contributed by atoms with Crippen molar-refractivity contribution >= 4 is 23.9 Å². The predicted molar refractivity (Wildman–Crippen MR) is 140 cm³/mol. The molecule has 37 heavy (non-hydrogen) atoms. The van der Waals surface area contributed by atoms with E-state index in [1.54, 1.807) is 30.3 Å². The maximum absolute atomic E-state index is 13.8. The average Bonchev–Trinajstić information content (AvgIpc) is 2.90. The van der Waals surface area contributed by atoms with Gasteiger partial charge in [0.05, 0.1) is 25.4 Å². The van der Waals surface area contributed by atoms with Gasteiger partial charge in [0.1, 0.15) is 5.75 Å². The summed E-state index contributed by atoms with van der Waals surface area (Å²) in [6.45, 7) is 3.74. The van der Waals surface area contributed by atoms with E-state index in [0.29, 0.717) is 30.5 Å². The fourth-order valence-corrected chi connectivity index (χ4v) is 5.36. The van der Waals surface area contributed by atoms with E-state index in [4.69, 9.17) is 15.2 Å². The van der Waals surface area contributed by atoms with E-state index in [1.165, 1.54) is 0 Å². The molecule has 2 N–H and O–H groups in total. The first kappa shape index (κ1) is 26.4. The lowest BCUT2D eigenvalue weighted by Gasteiger charge is -2.47. The summed E-state index contributed by atoms with van der Waals surface area (Å²) in [7, 11) is 1.60. The van der Waals surface area contributed by atoms with E-state index < -0.39 is 29.1 Å². The third-order valence-electron chi connectivity index (χ3n) is 7.65. The number of primary amides is 1. The zero-order valence-electron chi connectivity index (χ0n) is 21.7. The number of carbonyl (C=O) groups is 3. The first-order valence-electron chi connectivity index (χ1n) is 12.8. The smallest absolute Gasteiger partial charge is 0.411 e. The first-order valence-corrected chi connectivity index (χ1v) is 12.8. The molecule has 1 saturated heterocycles. The van der Waals surface area contributed by atoms with Gasteiger partial charge in [0.15, 0.2) is 11.4 Å². The minimum Gasteiger partial charge on any atom is -0.497 e. The average molecular weight is 506 g/mol.